The maximum Gasteiger partial charge on any atom is 0.0499 e. The topological polar surface area (TPSA) is 12.4 Å². The van der Waals surface area contributed by atoms with Crippen LogP contribution in [0.1, 0.15) is 31.2 Å². The molecule has 0 atom stereocenters. The van der Waals surface area contributed by atoms with E-state index in [0.29, 0.717) is 6.04 Å². The van der Waals surface area contributed by atoms with Gasteiger partial charge in [-0.2, -0.15) is 0 Å². The molecule has 0 aromatic heterocycles. The molecule has 1 radical (unpaired) electrons. The monoisotopic (exact) mass is 172 g/mol. The molecule has 0 spiro atoms. The Bertz CT molecular complexity index is 270. The van der Waals surface area contributed by atoms with Gasteiger partial charge in [0.2, 0.25) is 0 Å². The number of hydrogen-bond donors (Lipinski definition) is 0. The summed E-state index contributed by atoms with van der Waals surface area (Å²) in [5, 5.41) is 0. The molecule has 2 rings (SSSR count). The van der Waals surface area contributed by atoms with Gasteiger partial charge in [-0.15, -0.1) is 0 Å². The Balaban J connectivity index is 1.97. The van der Waals surface area contributed by atoms with Crippen molar-refractivity contribution in [3.63, 3.8) is 0 Å². The van der Waals surface area contributed by atoms with Crippen molar-refractivity contribution in [3.8, 4) is 0 Å². The smallest absolute Gasteiger partial charge is 0.0499 e. The van der Waals surface area contributed by atoms with Crippen molar-refractivity contribution < 1.29 is 0 Å². The highest BCUT2D eigenvalue weighted by Crippen LogP contribution is 2.20. The van der Waals surface area contributed by atoms with Gasteiger partial charge in [-0.25, -0.2) is 0 Å². The Morgan fingerprint density at radius 2 is 1.92 bits per heavy atom. The molecule has 0 bridgehead atoms. The van der Waals surface area contributed by atoms with E-state index >= 15 is 0 Å². The fraction of sp³-hybridized carbons (Fsp3) is 0.417. The van der Waals surface area contributed by atoms with E-state index < -0.39 is 0 Å². The van der Waals surface area contributed by atoms with Crippen LogP contribution in [-0.2, 0) is 0 Å². The number of rotatable bonds is 2. The summed E-state index contributed by atoms with van der Waals surface area (Å²) in [6.07, 6.45) is 7.24. The van der Waals surface area contributed by atoms with Gasteiger partial charge in [0.25, 0.3) is 0 Å². The number of aliphatic imine (C=N–C) groups is 1. The van der Waals surface area contributed by atoms with Crippen LogP contribution in [-0.4, -0.2) is 12.3 Å². The van der Waals surface area contributed by atoms with E-state index in [9.17, 15) is 0 Å². The summed E-state index contributed by atoms with van der Waals surface area (Å²) in [5.74, 6) is 0. The SMILES string of the molecule is [c]1ccc(/C=N/C2CCCC2)cc1. The molecule has 0 saturated heterocycles. The molecule has 0 amide bonds. The van der Waals surface area contributed by atoms with Crippen LogP contribution in [0, 0.1) is 6.07 Å². The van der Waals surface area contributed by atoms with Crippen molar-refractivity contribution in [1.29, 1.82) is 0 Å². The lowest BCUT2D eigenvalue weighted by molar-refractivity contribution is 0.710. The zero-order valence-electron chi connectivity index (χ0n) is 7.74. The van der Waals surface area contributed by atoms with E-state index in [2.05, 4.69) is 11.1 Å². The molecule has 1 fully saturated rings. The fourth-order valence-electron chi connectivity index (χ4n) is 1.73. The fourth-order valence-corrected chi connectivity index (χ4v) is 1.73. The lowest BCUT2D eigenvalue weighted by Crippen LogP contribution is -1.96. The van der Waals surface area contributed by atoms with E-state index in [1.165, 1.54) is 31.2 Å². The van der Waals surface area contributed by atoms with Gasteiger partial charge in [0.1, 0.15) is 0 Å². The highest BCUT2D eigenvalue weighted by molar-refractivity contribution is 5.79. The first-order valence-corrected chi connectivity index (χ1v) is 4.94. The number of hydrogen-bond acceptors (Lipinski definition) is 1. The normalized spacial score (nSPS) is 18.5. The van der Waals surface area contributed by atoms with Gasteiger partial charge in [-0.1, -0.05) is 37.1 Å². The molecule has 1 nitrogen and oxygen atoms in total. The Morgan fingerprint density at radius 1 is 1.23 bits per heavy atom. The van der Waals surface area contributed by atoms with E-state index in [1.807, 2.05) is 30.5 Å². The first-order chi connectivity index (χ1) is 6.45. The van der Waals surface area contributed by atoms with Gasteiger partial charge in [-0.05, 0) is 24.5 Å². The van der Waals surface area contributed by atoms with Crippen LogP contribution in [0.2, 0.25) is 0 Å². The minimum Gasteiger partial charge on any atom is -0.289 e. The van der Waals surface area contributed by atoms with Crippen molar-refractivity contribution in [2.45, 2.75) is 31.7 Å². The molecule has 0 unspecified atom stereocenters. The minimum absolute atomic E-state index is 0.587. The molecule has 1 aliphatic carbocycles. The Kier molecular flexibility index (Phi) is 2.75. The second-order valence-corrected chi connectivity index (χ2v) is 3.55. The third kappa shape index (κ3) is 2.41. The maximum absolute atomic E-state index is 4.55. The van der Waals surface area contributed by atoms with E-state index in [4.69, 9.17) is 0 Å². The molecule has 1 aliphatic rings. The molecule has 1 aromatic rings. The van der Waals surface area contributed by atoms with Crippen molar-refractivity contribution >= 4 is 6.21 Å². The zero-order chi connectivity index (χ0) is 8.93. The standard InChI is InChI=1S/C12H14N/c1-2-6-11(7-3-1)10-13-12-8-4-5-9-12/h2-3,6-7,10,12H,4-5,8-9H2/b13-10+. The quantitative estimate of drug-likeness (QED) is 0.608. The molecule has 1 heteroatoms. The Morgan fingerprint density at radius 3 is 2.62 bits per heavy atom. The Labute approximate surface area is 79.5 Å². The molecule has 1 saturated carbocycles. The van der Waals surface area contributed by atoms with Crippen LogP contribution in [0.3, 0.4) is 0 Å². The van der Waals surface area contributed by atoms with Crippen LogP contribution in [0.25, 0.3) is 0 Å². The summed E-state index contributed by atoms with van der Waals surface area (Å²) >= 11 is 0. The third-order valence-electron chi connectivity index (χ3n) is 2.50. The van der Waals surface area contributed by atoms with Crippen LogP contribution in [0.5, 0.6) is 0 Å². The highest BCUT2D eigenvalue weighted by atomic mass is 14.8. The van der Waals surface area contributed by atoms with E-state index in [1.54, 1.807) is 0 Å². The lowest BCUT2D eigenvalue weighted by atomic mass is 10.2. The number of nitrogens with zero attached hydrogens (tertiary/aromatic N) is 1. The highest BCUT2D eigenvalue weighted by Gasteiger charge is 2.11. The minimum atomic E-state index is 0.587. The molecule has 1 aromatic carbocycles. The molecule has 0 aliphatic heterocycles. The Hall–Kier alpha value is -1.11. The molecule has 0 N–H and O–H groups in total. The first-order valence-electron chi connectivity index (χ1n) is 4.94. The summed E-state index contributed by atoms with van der Waals surface area (Å²) in [6.45, 7) is 0. The molecule has 0 heterocycles. The van der Waals surface area contributed by atoms with Gasteiger partial charge in [0, 0.05) is 12.3 Å². The van der Waals surface area contributed by atoms with Gasteiger partial charge >= 0.3 is 0 Å². The summed E-state index contributed by atoms with van der Waals surface area (Å²) in [5.41, 5.74) is 1.19. The third-order valence-corrected chi connectivity index (χ3v) is 2.50. The van der Waals surface area contributed by atoms with Crippen LogP contribution < -0.4 is 0 Å². The first kappa shape index (κ1) is 8.49. The van der Waals surface area contributed by atoms with Gasteiger partial charge in [0.05, 0.1) is 0 Å². The van der Waals surface area contributed by atoms with Crippen LogP contribution >= 0.6 is 0 Å². The maximum atomic E-state index is 4.55. The summed E-state index contributed by atoms with van der Waals surface area (Å²) in [6, 6.07) is 11.5. The van der Waals surface area contributed by atoms with Crippen molar-refractivity contribution in [1.82, 2.24) is 0 Å². The summed E-state index contributed by atoms with van der Waals surface area (Å²) < 4.78 is 0. The largest absolute Gasteiger partial charge is 0.289 e. The van der Waals surface area contributed by atoms with Gasteiger partial charge in [-0.3, -0.25) is 4.99 Å². The molecule has 67 valence electrons. The van der Waals surface area contributed by atoms with Gasteiger partial charge < -0.3 is 0 Å². The van der Waals surface area contributed by atoms with E-state index in [0.717, 1.165) is 0 Å². The number of benzene rings is 1. The predicted octanol–water partition coefficient (Wildman–Crippen LogP) is 2.85. The van der Waals surface area contributed by atoms with Crippen molar-refractivity contribution in [2.75, 3.05) is 0 Å². The predicted molar refractivity (Wildman–Crippen MR) is 55.1 cm³/mol. The second-order valence-electron chi connectivity index (χ2n) is 3.55. The van der Waals surface area contributed by atoms with Gasteiger partial charge in [0.15, 0.2) is 0 Å². The van der Waals surface area contributed by atoms with Crippen LogP contribution in [0.15, 0.2) is 29.3 Å². The average molecular weight is 172 g/mol. The summed E-state index contributed by atoms with van der Waals surface area (Å²) in [4.78, 5) is 4.55. The molecule has 13 heavy (non-hydrogen) atoms. The average Bonchev–Trinajstić information content (AvgIpc) is 2.69. The van der Waals surface area contributed by atoms with Crippen molar-refractivity contribution in [3.05, 3.63) is 35.9 Å². The summed E-state index contributed by atoms with van der Waals surface area (Å²) in [7, 11) is 0. The van der Waals surface area contributed by atoms with Crippen LogP contribution in [0.4, 0.5) is 0 Å². The van der Waals surface area contributed by atoms with E-state index in [-0.39, 0.29) is 0 Å². The lowest BCUT2D eigenvalue weighted by Gasteiger charge is -1.99. The zero-order valence-corrected chi connectivity index (χ0v) is 7.74. The second kappa shape index (κ2) is 4.22. The molecular formula is C12H14N. The van der Waals surface area contributed by atoms with Crippen molar-refractivity contribution in [2.24, 2.45) is 4.99 Å². The molecular weight excluding hydrogens is 158 g/mol.